The lowest BCUT2D eigenvalue weighted by atomic mass is 10.0. The molecule has 1 unspecified atom stereocenters. The third kappa shape index (κ3) is 4.74. The lowest BCUT2D eigenvalue weighted by Crippen LogP contribution is -2.38. The first kappa shape index (κ1) is 18.3. The van der Waals surface area contributed by atoms with E-state index in [4.69, 9.17) is 0 Å². The van der Waals surface area contributed by atoms with Crippen molar-refractivity contribution in [1.29, 1.82) is 0 Å². The van der Waals surface area contributed by atoms with Crippen molar-refractivity contribution in [2.75, 3.05) is 13.6 Å². The summed E-state index contributed by atoms with van der Waals surface area (Å²) < 4.78 is 26.3. The van der Waals surface area contributed by atoms with Crippen molar-refractivity contribution >= 4 is 17.3 Å². The summed E-state index contributed by atoms with van der Waals surface area (Å²) in [5.41, 5.74) is 1.79. The number of aromatic nitrogens is 1. The summed E-state index contributed by atoms with van der Waals surface area (Å²) in [4.78, 5) is 9.85. The molecule has 0 saturated heterocycles. The standard InChI is InChI=1S/C17H22F2N4S/c1-10(13-5-6-14(18)15(19)7-13)8-21-17(20-4)22-9-16-23-11(2)12(3)24-16/h5-7,10H,8-9H2,1-4H3,(H2,20,21,22). The number of nitrogens with one attached hydrogen (secondary N) is 2. The monoisotopic (exact) mass is 352 g/mol. The molecule has 1 aromatic carbocycles. The Hall–Kier alpha value is -2.02. The Morgan fingerprint density at radius 2 is 2.00 bits per heavy atom. The fourth-order valence-corrected chi connectivity index (χ4v) is 3.05. The second-order valence-electron chi connectivity index (χ2n) is 5.63. The molecule has 1 heterocycles. The quantitative estimate of drug-likeness (QED) is 0.640. The Kier molecular flexibility index (Phi) is 6.25. The first-order chi connectivity index (χ1) is 11.4. The van der Waals surface area contributed by atoms with Gasteiger partial charge in [0.15, 0.2) is 17.6 Å². The molecule has 0 bridgehead atoms. The Labute approximate surface area is 145 Å². The molecule has 0 aliphatic carbocycles. The van der Waals surface area contributed by atoms with E-state index >= 15 is 0 Å². The minimum absolute atomic E-state index is 0.0167. The minimum Gasteiger partial charge on any atom is -0.356 e. The molecule has 0 spiro atoms. The van der Waals surface area contributed by atoms with Gasteiger partial charge in [-0.05, 0) is 37.5 Å². The van der Waals surface area contributed by atoms with Crippen LogP contribution in [0.1, 0.15) is 34.0 Å². The van der Waals surface area contributed by atoms with Gasteiger partial charge in [-0.25, -0.2) is 13.8 Å². The molecule has 1 aromatic heterocycles. The lowest BCUT2D eigenvalue weighted by molar-refractivity contribution is 0.505. The fourth-order valence-electron chi connectivity index (χ4n) is 2.18. The van der Waals surface area contributed by atoms with Crippen LogP contribution < -0.4 is 10.6 Å². The molecule has 0 radical (unpaired) electrons. The van der Waals surface area contributed by atoms with E-state index in [2.05, 4.69) is 20.6 Å². The molecule has 7 heteroatoms. The van der Waals surface area contributed by atoms with Crippen molar-refractivity contribution in [2.24, 2.45) is 4.99 Å². The maximum atomic E-state index is 13.3. The van der Waals surface area contributed by atoms with Crippen LogP contribution in [0.25, 0.3) is 0 Å². The van der Waals surface area contributed by atoms with E-state index in [9.17, 15) is 8.78 Å². The predicted molar refractivity (Wildman–Crippen MR) is 94.6 cm³/mol. The number of guanidine groups is 1. The number of aliphatic imine (C=N–C) groups is 1. The second kappa shape index (κ2) is 8.19. The van der Waals surface area contributed by atoms with Crippen LogP contribution in [0.2, 0.25) is 0 Å². The predicted octanol–water partition coefficient (Wildman–Crippen LogP) is 3.51. The number of thiazole rings is 1. The van der Waals surface area contributed by atoms with E-state index in [1.54, 1.807) is 24.5 Å². The summed E-state index contributed by atoms with van der Waals surface area (Å²) in [5, 5.41) is 7.40. The number of aryl methyl sites for hydroxylation is 2. The zero-order chi connectivity index (χ0) is 17.7. The molecule has 2 rings (SSSR count). The van der Waals surface area contributed by atoms with Crippen LogP contribution in [0, 0.1) is 25.5 Å². The Balaban J connectivity index is 1.87. The molecular formula is C17H22F2N4S. The highest BCUT2D eigenvalue weighted by atomic mass is 32.1. The number of halogens is 2. The fraction of sp³-hybridized carbons (Fsp3) is 0.412. The van der Waals surface area contributed by atoms with Gasteiger partial charge < -0.3 is 10.6 Å². The summed E-state index contributed by atoms with van der Waals surface area (Å²) in [6.45, 7) is 7.14. The van der Waals surface area contributed by atoms with Gasteiger partial charge in [0.25, 0.3) is 0 Å². The van der Waals surface area contributed by atoms with Gasteiger partial charge in [0, 0.05) is 18.5 Å². The smallest absolute Gasteiger partial charge is 0.191 e. The third-order valence-electron chi connectivity index (χ3n) is 3.79. The van der Waals surface area contributed by atoms with Crippen LogP contribution in [0.3, 0.4) is 0 Å². The topological polar surface area (TPSA) is 49.3 Å². The van der Waals surface area contributed by atoms with Gasteiger partial charge in [0.2, 0.25) is 0 Å². The SMILES string of the molecule is CN=C(NCc1nc(C)c(C)s1)NCC(C)c1ccc(F)c(F)c1. The minimum atomic E-state index is -0.828. The Morgan fingerprint density at radius 3 is 2.58 bits per heavy atom. The normalized spacial score (nSPS) is 13.0. The van der Waals surface area contributed by atoms with Crippen LogP contribution in [-0.4, -0.2) is 24.5 Å². The van der Waals surface area contributed by atoms with Crippen molar-refractivity contribution in [1.82, 2.24) is 15.6 Å². The molecule has 1 atom stereocenters. The van der Waals surface area contributed by atoms with Crippen LogP contribution >= 0.6 is 11.3 Å². The van der Waals surface area contributed by atoms with Crippen molar-refractivity contribution in [3.63, 3.8) is 0 Å². The van der Waals surface area contributed by atoms with Crippen molar-refractivity contribution in [2.45, 2.75) is 33.2 Å². The Morgan fingerprint density at radius 1 is 1.25 bits per heavy atom. The van der Waals surface area contributed by atoms with Crippen molar-refractivity contribution in [3.8, 4) is 0 Å². The third-order valence-corrected chi connectivity index (χ3v) is 4.86. The van der Waals surface area contributed by atoms with E-state index in [0.717, 1.165) is 22.3 Å². The highest BCUT2D eigenvalue weighted by Gasteiger charge is 2.10. The van der Waals surface area contributed by atoms with E-state index in [1.807, 2.05) is 20.8 Å². The zero-order valence-electron chi connectivity index (χ0n) is 14.3. The molecule has 2 N–H and O–H groups in total. The van der Waals surface area contributed by atoms with Gasteiger partial charge in [-0.2, -0.15) is 0 Å². The lowest BCUT2D eigenvalue weighted by Gasteiger charge is -2.16. The van der Waals surface area contributed by atoms with E-state index in [0.29, 0.717) is 19.0 Å². The van der Waals surface area contributed by atoms with Gasteiger partial charge in [0.05, 0.1) is 12.2 Å². The largest absolute Gasteiger partial charge is 0.356 e. The van der Waals surface area contributed by atoms with Gasteiger partial charge >= 0.3 is 0 Å². The maximum Gasteiger partial charge on any atom is 0.191 e. The van der Waals surface area contributed by atoms with Crippen LogP contribution in [0.4, 0.5) is 8.78 Å². The zero-order valence-corrected chi connectivity index (χ0v) is 15.1. The molecule has 0 fully saturated rings. The summed E-state index contributed by atoms with van der Waals surface area (Å²) in [6.07, 6.45) is 0. The van der Waals surface area contributed by atoms with Gasteiger partial charge in [-0.1, -0.05) is 13.0 Å². The molecular weight excluding hydrogens is 330 g/mol. The summed E-state index contributed by atoms with van der Waals surface area (Å²) in [6, 6.07) is 3.99. The van der Waals surface area contributed by atoms with E-state index in [1.165, 1.54) is 10.9 Å². The number of hydrogen-bond donors (Lipinski definition) is 2. The van der Waals surface area contributed by atoms with Crippen LogP contribution in [0.5, 0.6) is 0 Å². The Bertz CT molecular complexity index is 708. The number of nitrogens with zero attached hydrogens (tertiary/aromatic N) is 2. The summed E-state index contributed by atoms with van der Waals surface area (Å²) in [5.74, 6) is -0.986. The highest BCUT2D eigenvalue weighted by molar-refractivity contribution is 7.11. The van der Waals surface area contributed by atoms with Gasteiger partial charge in [0.1, 0.15) is 5.01 Å². The van der Waals surface area contributed by atoms with E-state index < -0.39 is 11.6 Å². The number of benzene rings is 1. The van der Waals surface area contributed by atoms with Gasteiger partial charge in [-0.3, -0.25) is 4.99 Å². The maximum absolute atomic E-state index is 13.3. The van der Waals surface area contributed by atoms with Crippen molar-refractivity contribution < 1.29 is 8.78 Å². The average Bonchev–Trinajstić information content (AvgIpc) is 2.88. The molecule has 0 aliphatic heterocycles. The molecule has 0 aliphatic rings. The number of hydrogen-bond acceptors (Lipinski definition) is 3. The summed E-state index contributed by atoms with van der Waals surface area (Å²) in [7, 11) is 1.69. The second-order valence-corrected chi connectivity index (χ2v) is 6.92. The molecule has 2 aromatic rings. The van der Waals surface area contributed by atoms with Crippen molar-refractivity contribution in [3.05, 3.63) is 51.0 Å². The first-order valence-electron chi connectivity index (χ1n) is 7.73. The number of rotatable bonds is 5. The highest BCUT2D eigenvalue weighted by Crippen LogP contribution is 2.18. The van der Waals surface area contributed by atoms with Gasteiger partial charge in [-0.15, -0.1) is 11.3 Å². The molecule has 24 heavy (non-hydrogen) atoms. The van der Waals surface area contributed by atoms with E-state index in [-0.39, 0.29) is 5.92 Å². The van der Waals surface area contributed by atoms with Crippen LogP contribution in [-0.2, 0) is 6.54 Å². The molecule has 0 amide bonds. The average molecular weight is 352 g/mol. The molecule has 0 saturated carbocycles. The first-order valence-corrected chi connectivity index (χ1v) is 8.54. The molecule has 4 nitrogen and oxygen atoms in total. The molecule has 130 valence electrons. The summed E-state index contributed by atoms with van der Waals surface area (Å²) >= 11 is 1.66. The van der Waals surface area contributed by atoms with Crippen LogP contribution in [0.15, 0.2) is 23.2 Å².